The van der Waals surface area contributed by atoms with E-state index < -0.39 is 5.82 Å². The number of carbonyl (C=O) groups is 1. The number of carbonyl (C=O) groups excluding carboxylic acids is 1. The molecule has 100 valence electrons. The Labute approximate surface area is 115 Å². The van der Waals surface area contributed by atoms with Gasteiger partial charge in [-0.3, -0.25) is 4.79 Å². The van der Waals surface area contributed by atoms with Crippen molar-refractivity contribution in [1.29, 1.82) is 0 Å². The van der Waals surface area contributed by atoms with E-state index in [0.717, 1.165) is 22.0 Å². The third-order valence-corrected chi connectivity index (χ3v) is 3.89. The molecule has 0 fully saturated rings. The topological polar surface area (TPSA) is 42.0 Å². The van der Waals surface area contributed by atoms with Gasteiger partial charge in [0.05, 0.1) is 16.3 Å². The van der Waals surface area contributed by atoms with Crippen LogP contribution in [0.2, 0.25) is 0 Å². The first-order chi connectivity index (χ1) is 9.08. The molecule has 0 saturated heterocycles. The van der Waals surface area contributed by atoms with Crippen LogP contribution >= 0.6 is 11.3 Å². The van der Waals surface area contributed by atoms with Crippen LogP contribution in [0.5, 0.6) is 0 Å². The minimum Gasteiger partial charge on any atom is -0.352 e. The van der Waals surface area contributed by atoms with Crippen LogP contribution < -0.4 is 5.32 Å². The van der Waals surface area contributed by atoms with Gasteiger partial charge in [-0.2, -0.15) is 0 Å². The highest BCUT2D eigenvalue weighted by Crippen LogP contribution is 2.17. The summed E-state index contributed by atoms with van der Waals surface area (Å²) in [4.78, 5) is 17.3. The lowest BCUT2D eigenvalue weighted by atomic mass is 10.2. The molecule has 0 aliphatic rings. The molecule has 19 heavy (non-hydrogen) atoms. The monoisotopic (exact) mass is 278 g/mol. The first-order valence-corrected chi connectivity index (χ1v) is 6.85. The van der Waals surface area contributed by atoms with Crippen molar-refractivity contribution in [2.45, 2.75) is 20.3 Å². The average molecular weight is 278 g/mol. The Kier molecular flexibility index (Phi) is 4.27. The summed E-state index contributed by atoms with van der Waals surface area (Å²) < 4.78 is 13.4. The fraction of sp³-hybridized carbons (Fsp3) is 0.286. The van der Waals surface area contributed by atoms with Gasteiger partial charge in [0.15, 0.2) is 0 Å². The van der Waals surface area contributed by atoms with Crippen molar-refractivity contribution in [3.05, 3.63) is 51.2 Å². The van der Waals surface area contributed by atoms with Crippen molar-refractivity contribution in [3.8, 4) is 0 Å². The molecular weight excluding hydrogens is 263 g/mol. The third-order valence-electron chi connectivity index (χ3n) is 2.76. The summed E-state index contributed by atoms with van der Waals surface area (Å²) in [5, 5.41) is 3.75. The molecule has 5 heteroatoms. The van der Waals surface area contributed by atoms with E-state index in [1.165, 1.54) is 12.1 Å². The third kappa shape index (κ3) is 3.38. The highest BCUT2D eigenvalue weighted by atomic mass is 32.1. The second kappa shape index (κ2) is 5.93. The molecule has 2 rings (SSSR count). The van der Waals surface area contributed by atoms with Gasteiger partial charge in [-0.25, -0.2) is 9.37 Å². The second-order valence-corrected chi connectivity index (χ2v) is 5.51. The number of nitrogens with one attached hydrogen (secondary N) is 1. The minimum atomic E-state index is -0.496. The van der Waals surface area contributed by atoms with E-state index in [4.69, 9.17) is 0 Å². The number of benzene rings is 1. The van der Waals surface area contributed by atoms with E-state index in [0.29, 0.717) is 6.54 Å². The maximum absolute atomic E-state index is 13.4. The zero-order valence-corrected chi connectivity index (χ0v) is 11.7. The van der Waals surface area contributed by atoms with E-state index in [2.05, 4.69) is 10.3 Å². The van der Waals surface area contributed by atoms with E-state index >= 15 is 0 Å². The maximum atomic E-state index is 13.4. The Morgan fingerprint density at radius 2 is 2.11 bits per heavy atom. The van der Waals surface area contributed by atoms with Crippen LogP contribution in [0.15, 0.2) is 24.3 Å². The molecular formula is C14H15FN2OS. The van der Waals surface area contributed by atoms with Crippen molar-refractivity contribution < 1.29 is 9.18 Å². The Bertz CT molecular complexity index is 595. The Hall–Kier alpha value is -1.75. The number of hydrogen-bond acceptors (Lipinski definition) is 3. The Morgan fingerprint density at radius 3 is 2.74 bits per heavy atom. The predicted molar refractivity (Wildman–Crippen MR) is 74.0 cm³/mol. The SMILES string of the molecule is Cc1nc(C)c(CCNC(=O)c2ccccc2F)s1. The highest BCUT2D eigenvalue weighted by molar-refractivity contribution is 7.11. The Balaban J connectivity index is 1.91. The normalized spacial score (nSPS) is 10.5. The van der Waals surface area contributed by atoms with Crippen molar-refractivity contribution >= 4 is 17.2 Å². The molecule has 1 heterocycles. The summed E-state index contributed by atoms with van der Waals surface area (Å²) in [5.41, 5.74) is 1.09. The van der Waals surface area contributed by atoms with Gasteiger partial charge in [-0.15, -0.1) is 11.3 Å². The van der Waals surface area contributed by atoms with Gasteiger partial charge in [0.25, 0.3) is 5.91 Å². The molecule has 2 aromatic rings. The summed E-state index contributed by atoms with van der Waals surface area (Å²) >= 11 is 1.63. The molecule has 0 saturated carbocycles. The van der Waals surface area contributed by atoms with Crippen molar-refractivity contribution in [2.75, 3.05) is 6.54 Å². The largest absolute Gasteiger partial charge is 0.352 e. The van der Waals surface area contributed by atoms with Crippen LogP contribution in [-0.4, -0.2) is 17.4 Å². The number of halogens is 1. The summed E-state index contributed by atoms with van der Waals surface area (Å²) in [6.07, 6.45) is 0.720. The first kappa shape index (κ1) is 13.7. The zero-order chi connectivity index (χ0) is 13.8. The summed E-state index contributed by atoms with van der Waals surface area (Å²) in [5.74, 6) is -0.873. The molecule has 0 aliphatic carbocycles. The summed E-state index contributed by atoms with van der Waals surface area (Å²) in [7, 11) is 0. The molecule has 0 atom stereocenters. The van der Waals surface area contributed by atoms with Crippen LogP contribution in [0.25, 0.3) is 0 Å². The lowest BCUT2D eigenvalue weighted by molar-refractivity contribution is 0.0950. The van der Waals surface area contributed by atoms with Crippen LogP contribution in [0.3, 0.4) is 0 Å². The average Bonchev–Trinajstić information content (AvgIpc) is 2.68. The van der Waals surface area contributed by atoms with Gasteiger partial charge < -0.3 is 5.32 Å². The number of aryl methyl sites for hydroxylation is 2. The lowest BCUT2D eigenvalue weighted by Gasteiger charge is -2.05. The number of nitrogens with zero attached hydrogens (tertiary/aromatic N) is 1. The van der Waals surface area contributed by atoms with Crippen LogP contribution in [0, 0.1) is 19.7 Å². The second-order valence-electron chi connectivity index (χ2n) is 4.23. The Morgan fingerprint density at radius 1 is 1.37 bits per heavy atom. The smallest absolute Gasteiger partial charge is 0.254 e. The van der Waals surface area contributed by atoms with Crippen molar-refractivity contribution in [2.24, 2.45) is 0 Å². The number of aromatic nitrogens is 1. The highest BCUT2D eigenvalue weighted by Gasteiger charge is 2.10. The van der Waals surface area contributed by atoms with E-state index in [9.17, 15) is 9.18 Å². The van der Waals surface area contributed by atoms with Crippen LogP contribution in [-0.2, 0) is 6.42 Å². The minimum absolute atomic E-state index is 0.0831. The first-order valence-electron chi connectivity index (χ1n) is 6.03. The predicted octanol–water partition coefficient (Wildman–Crippen LogP) is 2.87. The fourth-order valence-electron chi connectivity index (χ4n) is 1.84. The van der Waals surface area contributed by atoms with Gasteiger partial charge in [0.2, 0.25) is 0 Å². The van der Waals surface area contributed by atoms with Crippen molar-refractivity contribution in [1.82, 2.24) is 10.3 Å². The molecule has 0 spiro atoms. The summed E-state index contributed by atoms with van der Waals surface area (Å²) in [6.45, 7) is 4.40. The number of rotatable bonds is 4. The number of hydrogen-bond donors (Lipinski definition) is 1. The van der Waals surface area contributed by atoms with Crippen LogP contribution in [0.1, 0.15) is 25.9 Å². The van der Waals surface area contributed by atoms with E-state index in [1.807, 2.05) is 13.8 Å². The molecule has 1 amide bonds. The molecule has 1 aromatic heterocycles. The summed E-state index contributed by atoms with van der Waals surface area (Å²) in [6, 6.07) is 5.97. The lowest BCUT2D eigenvalue weighted by Crippen LogP contribution is -2.26. The zero-order valence-electron chi connectivity index (χ0n) is 10.9. The molecule has 3 nitrogen and oxygen atoms in total. The quantitative estimate of drug-likeness (QED) is 0.934. The number of thiazole rings is 1. The standard InChI is InChI=1S/C14H15FN2OS/c1-9-13(19-10(2)17-9)7-8-16-14(18)11-5-3-4-6-12(11)15/h3-6H,7-8H2,1-2H3,(H,16,18). The molecule has 0 bridgehead atoms. The molecule has 0 unspecified atom stereocenters. The maximum Gasteiger partial charge on any atom is 0.254 e. The van der Waals surface area contributed by atoms with Crippen molar-refractivity contribution in [3.63, 3.8) is 0 Å². The molecule has 1 N–H and O–H groups in total. The molecule has 1 aromatic carbocycles. The van der Waals surface area contributed by atoms with Gasteiger partial charge in [0, 0.05) is 17.8 Å². The van der Waals surface area contributed by atoms with Gasteiger partial charge in [-0.05, 0) is 26.0 Å². The van der Waals surface area contributed by atoms with Gasteiger partial charge in [-0.1, -0.05) is 12.1 Å². The van der Waals surface area contributed by atoms with Crippen LogP contribution in [0.4, 0.5) is 4.39 Å². The van der Waals surface area contributed by atoms with E-state index in [1.54, 1.807) is 23.5 Å². The van der Waals surface area contributed by atoms with Gasteiger partial charge >= 0.3 is 0 Å². The molecule has 0 aliphatic heterocycles. The van der Waals surface area contributed by atoms with Gasteiger partial charge in [0.1, 0.15) is 5.82 Å². The number of amides is 1. The fourth-order valence-corrected chi connectivity index (χ4v) is 2.77. The molecule has 0 radical (unpaired) electrons. The van der Waals surface area contributed by atoms with E-state index in [-0.39, 0.29) is 11.5 Å².